The maximum Gasteiger partial charge on any atom is 0.258 e. The highest BCUT2D eigenvalue weighted by Crippen LogP contribution is 2.21. The van der Waals surface area contributed by atoms with Crippen LogP contribution in [0.25, 0.3) is 0 Å². The molecule has 0 aromatic heterocycles. The molecule has 0 aliphatic carbocycles. The summed E-state index contributed by atoms with van der Waals surface area (Å²) in [4.78, 5) is 13.0. The van der Waals surface area contributed by atoms with Gasteiger partial charge in [0.25, 0.3) is 5.91 Å². The van der Waals surface area contributed by atoms with Crippen molar-refractivity contribution in [1.29, 1.82) is 0 Å². The third kappa shape index (κ3) is 1.93. The van der Waals surface area contributed by atoms with Crippen LogP contribution < -0.4 is 0 Å². The van der Waals surface area contributed by atoms with Crippen molar-refractivity contribution in [2.75, 3.05) is 14.1 Å². The van der Waals surface area contributed by atoms with Crippen molar-refractivity contribution in [3.8, 4) is 0 Å². The lowest BCUT2D eigenvalue weighted by atomic mass is 9.95. The molecule has 3 nitrogen and oxygen atoms in total. The maximum atomic E-state index is 11.6. The van der Waals surface area contributed by atoms with E-state index in [2.05, 4.69) is 0 Å². The first kappa shape index (κ1) is 10.7. The van der Waals surface area contributed by atoms with Crippen LogP contribution in [0.3, 0.4) is 0 Å². The van der Waals surface area contributed by atoms with Gasteiger partial charge in [-0.25, -0.2) is 0 Å². The van der Waals surface area contributed by atoms with Crippen LogP contribution in [0.2, 0.25) is 0 Å². The molecule has 0 radical (unpaired) electrons. The SMILES string of the molecule is CN(C)C(=O)C(C)(O)c1ccccc1. The van der Waals surface area contributed by atoms with E-state index in [1.165, 1.54) is 11.8 Å². The van der Waals surface area contributed by atoms with Crippen molar-refractivity contribution in [1.82, 2.24) is 4.90 Å². The molecule has 0 aliphatic rings. The van der Waals surface area contributed by atoms with Crippen LogP contribution >= 0.6 is 0 Å². The molecule has 1 aromatic rings. The molecule has 1 amide bonds. The Balaban J connectivity index is 3.02. The van der Waals surface area contributed by atoms with E-state index in [-0.39, 0.29) is 5.91 Å². The average molecular weight is 193 g/mol. The van der Waals surface area contributed by atoms with Crippen molar-refractivity contribution < 1.29 is 9.90 Å². The van der Waals surface area contributed by atoms with Gasteiger partial charge in [-0.1, -0.05) is 30.3 Å². The van der Waals surface area contributed by atoms with Crippen molar-refractivity contribution in [3.05, 3.63) is 35.9 Å². The van der Waals surface area contributed by atoms with Crippen LogP contribution in [0.1, 0.15) is 12.5 Å². The lowest BCUT2D eigenvalue weighted by molar-refractivity contribution is -0.147. The predicted molar refractivity (Wildman–Crippen MR) is 54.7 cm³/mol. The number of hydrogen-bond acceptors (Lipinski definition) is 2. The second kappa shape index (κ2) is 3.80. The minimum absolute atomic E-state index is 0.316. The second-order valence-electron chi connectivity index (χ2n) is 3.64. The molecule has 0 aliphatic heterocycles. The Morgan fingerprint density at radius 1 is 1.29 bits per heavy atom. The van der Waals surface area contributed by atoms with Gasteiger partial charge in [0.05, 0.1) is 0 Å². The van der Waals surface area contributed by atoms with Gasteiger partial charge in [0.15, 0.2) is 5.60 Å². The summed E-state index contributed by atoms with van der Waals surface area (Å²) in [6.45, 7) is 1.50. The number of benzene rings is 1. The molecule has 1 aromatic carbocycles. The number of likely N-dealkylation sites (N-methyl/N-ethyl adjacent to an activating group) is 1. The molecule has 0 saturated carbocycles. The van der Waals surface area contributed by atoms with Crippen molar-refractivity contribution in [2.24, 2.45) is 0 Å². The lowest BCUT2D eigenvalue weighted by Gasteiger charge is -2.26. The van der Waals surface area contributed by atoms with Gasteiger partial charge in [-0.05, 0) is 12.5 Å². The molecule has 1 N–H and O–H groups in total. The van der Waals surface area contributed by atoms with Crippen LogP contribution in [0.5, 0.6) is 0 Å². The molecule has 1 rings (SSSR count). The topological polar surface area (TPSA) is 40.5 Å². The summed E-state index contributed by atoms with van der Waals surface area (Å²) in [5.41, 5.74) is -0.830. The van der Waals surface area contributed by atoms with Crippen LogP contribution in [0.4, 0.5) is 0 Å². The van der Waals surface area contributed by atoms with Gasteiger partial charge < -0.3 is 10.0 Å². The summed E-state index contributed by atoms with van der Waals surface area (Å²) in [6.07, 6.45) is 0. The Labute approximate surface area is 84.0 Å². The Morgan fingerprint density at radius 2 is 1.79 bits per heavy atom. The van der Waals surface area contributed by atoms with E-state index in [9.17, 15) is 9.90 Å². The summed E-state index contributed by atoms with van der Waals surface area (Å²) in [6, 6.07) is 8.92. The van der Waals surface area contributed by atoms with Gasteiger partial charge in [0.1, 0.15) is 0 Å². The van der Waals surface area contributed by atoms with E-state index in [1.807, 2.05) is 6.07 Å². The molecule has 1 atom stereocenters. The summed E-state index contributed by atoms with van der Waals surface area (Å²) in [5.74, 6) is -0.316. The Hall–Kier alpha value is -1.35. The third-order valence-electron chi connectivity index (χ3n) is 2.16. The first-order chi connectivity index (χ1) is 6.46. The summed E-state index contributed by atoms with van der Waals surface area (Å²) < 4.78 is 0. The van der Waals surface area contributed by atoms with Crippen LogP contribution in [-0.2, 0) is 10.4 Å². The highest BCUT2D eigenvalue weighted by atomic mass is 16.3. The Morgan fingerprint density at radius 3 is 2.21 bits per heavy atom. The Bertz CT molecular complexity index is 317. The summed E-state index contributed by atoms with van der Waals surface area (Å²) >= 11 is 0. The summed E-state index contributed by atoms with van der Waals surface area (Å²) in [5, 5.41) is 10.0. The maximum absolute atomic E-state index is 11.6. The van der Waals surface area contributed by atoms with Crippen LogP contribution in [0, 0.1) is 0 Å². The zero-order chi connectivity index (χ0) is 10.8. The molecule has 1 unspecified atom stereocenters. The van der Waals surface area contributed by atoms with Gasteiger partial charge in [0.2, 0.25) is 0 Å². The number of hydrogen-bond donors (Lipinski definition) is 1. The fourth-order valence-electron chi connectivity index (χ4n) is 1.32. The number of carbonyl (C=O) groups excluding carboxylic acids is 1. The highest BCUT2D eigenvalue weighted by molar-refractivity contribution is 5.85. The fourth-order valence-corrected chi connectivity index (χ4v) is 1.32. The number of aliphatic hydroxyl groups is 1. The molecule has 0 spiro atoms. The van der Waals surface area contributed by atoms with Crippen LogP contribution in [0.15, 0.2) is 30.3 Å². The first-order valence-corrected chi connectivity index (χ1v) is 4.46. The van der Waals surface area contributed by atoms with E-state index in [4.69, 9.17) is 0 Å². The lowest BCUT2D eigenvalue weighted by Crippen LogP contribution is -2.41. The molecule has 3 heteroatoms. The standard InChI is InChI=1S/C11H15NO2/c1-11(14,10(13)12(2)3)9-7-5-4-6-8-9/h4-8,14H,1-3H3. The fraction of sp³-hybridized carbons (Fsp3) is 0.364. The number of nitrogens with zero attached hydrogens (tertiary/aromatic N) is 1. The molecule has 76 valence electrons. The molecular formula is C11H15NO2. The van der Waals surface area contributed by atoms with E-state index in [0.717, 1.165) is 0 Å². The molecule has 0 fully saturated rings. The van der Waals surface area contributed by atoms with Gasteiger partial charge in [-0.15, -0.1) is 0 Å². The smallest absolute Gasteiger partial charge is 0.258 e. The number of rotatable bonds is 2. The predicted octanol–water partition coefficient (Wildman–Crippen LogP) is 0.982. The van der Waals surface area contributed by atoms with E-state index < -0.39 is 5.60 Å². The van der Waals surface area contributed by atoms with Crippen molar-refractivity contribution in [2.45, 2.75) is 12.5 Å². The van der Waals surface area contributed by atoms with Crippen LogP contribution in [-0.4, -0.2) is 30.0 Å². The van der Waals surface area contributed by atoms with Crippen molar-refractivity contribution in [3.63, 3.8) is 0 Å². The van der Waals surface area contributed by atoms with Crippen molar-refractivity contribution >= 4 is 5.91 Å². The minimum atomic E-state index is -1.44. The van der Waals surface area contributed by atoms with Gasteiger partial charge in [0, 0.05) is 14.1 Å². The molecular weight excluding hydrogens is 178 g/mol. The van der Waals surface area contributed by atoms with Gasteiger partial charge >= 0.3 is 0 Å². The number of carbonyl (C=O) groups is 1. The van der Waals surface area contributed by atoms with E-state index >= 15 is 0 Å². The minimum Gasteiger partial charge on any atom is -0.376 e. The largest absolute Gasteiger partial charge is 0.376 e. The van der Waals surface area contributed by atoms with E-state index in [1.54, 1.807) is 38.4 Å². The van der Waals surface area contributed by atoms with Gasteiger partial charge in [-0.3, -0.25) is 4.79 Å². The number of amides is 1. The first-order valence-electron chi connectivity index (χ1n) is 4.46. The normalized spacial score (nSPS) is 14.6. The summed E-state index contributed by atoms with van der Waals surface area (Å²) in [7, 11) is 3.25. The zero-order valence-corrected chi connectivity index (χ0v) is 8.69. The highest BCUT2D eigenvalue weighted by Gasteiger charge is 2.33. The molecule has 0 bridgehead atoms. The van der Waals surface area contributed by atoms with E-state index in [0.29, 0.717) is 5.56 Å². The monoisotopic (exact) mass is 193 g/mol. The average Bonchev–Trinajstić information content (AvgIpc) is 2.18. The quantitative estimate of drug-likeness (QED) is 0.760. The third-order valence-corrected chi connectivity index (χ3v) is 2.16. The molecule has 0 heterocycles. The molecule has 14 heavy (non-hydrogen) atoms. The second-order valence-corrected chi connectivity index (χ2v) is 3.64. The van der Waals surface area contributed by atoms with Gasteiger partial charge in [-0.2, -0.15) is 0 Å². The zero-order valence-electron chi connectivity index (χ0n) is 8.69. The Kier molecular flexibility index (Phi) is 2.91. The molecule has 0 saturated heterocycles.